The number of rotatable bonds is 2. The van der Waals surface area contributed by atoms with Crippen LogP contribution >= 0.6 is 22.6 Å². The van der Waals surface area contributed by atoms with Gasteiger partial charge in [-0.15, -0.1) is 0 Å². The largest absolute Gasteiger partial charge is 0.396 e. The van der Waals surface area contributed by atoms with Gasteiger partial charge in [0.2, 0.25) is 10.0 Å². The maximum Gasteiger partial charge on any atom is 0.267 e. The van der Waals surface area contributed by atoms with Crippen molar-refractivity contribution in [2.24, 2.45) is 5.14 Å². The third-order valence-corrected chi connectivity index (χ3v) is 3.43. The van der Waals surface area contributed by atoms with Crippen molar-refractivity contribution in [1.29, 1.82) is 0 Å². The average Bonchev–Trinajstić information content (AvgIpc) is 2.05. The summed E-state index contributed by atoms with van der Waals surface area (Å²) < 4.78 is 47.1. The van der Waals surface area contributed by atoms with Crippen LogP contribution in [-0.4, -0.2) is 13.4 Å². The first-order valence-corrected chi connectivity index (χ1v) is 6.12. The van der Waals surface area contributed by atoms with Crippen LogP contribution in [-0.2, 0) is 10.0 Å². The molecule has 0 atom stereocenters. The number of nitrogens with two attached hydrogens (primary N) is 2. The molecular weight excluding hydrogens is 343 g/mol. The normalized spacial score (nSPS) is 12.1. The van der Waals surface area contributed by atoms with Crippen LogP contribution in [0.15, 0.2) is 11.1 Å². The molecule has 0 aliphatic carbocycles. The van der Waals surface area contributed by atoms with E-state index >= 15 is 0 Å². The van der Waals surface area contributed by atoms with Gasteiger partial charge >= 0.3 is 0 Å². The molecule has 0 radical (unpaired) electrons. The van der Waals surface area contributed by atoms with Gasteiger partial charge < -0.3 is 5.73 Å². The second kappa shape index (κ2) is 4.14. The Kier molecular flexibility index (Phi) is 3.45. The molecule has 0 fully saturated rings. The molecule has 0 spiro atoms. The van der Waals surface area contributed by atoms with Gasteiger partial charge in [0.15, 0.2) is 0 Å². The van der Waals surface area contributed by atoms with Crippen molar-refractivity contribution in [3.05, 3.63) is 15.5 Å². The fourth-order valence-corrected chi connectivity index (χ4v) is 2.71. The highest BCUT2D eigenvalue weighted by atomic mass is 127. The fraction of sp³-hybridized carbons (Fsp3) is 0.167. The van der Waals surface area contributed by atoms with Crippen molar-refractivity contribution < 1.29 is 17.2 Å². The molecule has 84 valence electrons. The standard InChI is InChI=1S/C6H6F2IN3O2S/c7-5(8)3-4(15(11,13)14)2(10)1-12-6(3)9/h1,5H,10H2,(H2,11,13,14). The summed E-state index contributed by atoms with van der Waals surface area (Å²) in [6.07, 6.45) is -2.02. The van der Waals surface area contributed by atoms with Crippen molar-refractivity contribution in [3.63, 3.8) is 0 Å². The highest BCUT2D eigenvalue weighted by Crippen LogP contribution is 2.32. The van der Waals surface area contributed by atoms with Crippen molar-refractivity contribution in [3.8, 4) is 0 Å². The Morgan fingerprint density at radius 3 is 2.33 bits per heavy atom. The first kappa shape index (κ1) is 12.5. The topological polar surface area (TPSA) is 99.1 Å². The van der Waals surface area contributed by atoms with Crippen molar-refractivity contribution >= 4 is 38.3 Å². The van der Waals surface area contributed by atoms with Gasteiger partial charge in [-0.3, -0.25) is 0 Å². The summed E-state index contributed by atoms with van der Waals surface area (Å²) in [6.45, 7) is 0. The number of nitrogens with zero attached hydrogens (tertiary/aromatic N) is 1. The van der Waals surface area contributed by atoms with Gasteiger partial charge in [-0.05, 0) is 22.6 Å². The smallest absolute Gasteiger partial charge is 0.267 e. The summed E-state index contributed by atoms with van der Waals surface area (Å²) in [4.78, 5) is 2.78. The molecule has 1 aromatic rings. The molecular formula is C6H6F2IN3O2S. The van der Waals surface area contributed by atoms with E-state index in [0.29, 0.717) is 0 Å². The number of alkyl halides is 2. The van der Waals surface area contributed by atoms with Crippen LogP contribution in [0.3, 0.4) is 0 Å². The van der Waals surface area contributed by atoms with Crippen LogP contribution in [0.2, 0.25) is 0 Å². The molecule has 4 N–H and O–H groups in total. The summed E-state index contributed by atoms with van der Waals surface area (Å²) in [5.74, 6) is 0. The van der Waals surface area contributed by atoms with Gasteiger partial charge in [0.25, 0.3) is 6.43 Å². The second-order valence-corrected chi connectivity index (χ2v) is 5.11. The van der Waals surface area contributed by atoms with Gasteiger partial charge in [0.05, 0.1) is 17.4 Å². The van der Waals surface area contributed by atoms with Crippen molar-refractivity contribution in [2.75, 3.05) is 5.73 Å². The molecule has 15 heavy (non-hydrogen) atoms. The van der Waals surface area contributed by atoms with E-state index in [-0.39, 0.29) is 9.39 Å². The lowest BCUT2D eigenvalue weighted by Gasteiger charge is -2.10. The highest BCUT2D eigenvalue weighted by molar-refractivity contribution is 14.1. The molecule has 0 bridgehead atoms. The van der Waals surface area contributed by atoms with Gasteiger partial charge in [-0.25, -0.2) is 27.3 Å². The zero-order valence-corrected chi connectivity index (χ0v) is 10.1. The molecule has 9 heteroatoms. The quantitative estimate of drug-likeness (QED) is 0.611. The molecule has 5 nitrogen and oxygen atoms in total. The summed E-state index contributed by atoms with van der Waals surface area (Å²) in [5.41, 5.74) is 4.12. The summed E-state index contributed by atoms with van der Waals surface area (Å²) >= 11 is 1.49. The molecule has 1 rings (SSSR count). The minimum atomic E-state index is -4.28. The van der Waals surface area contributed by atoms with Gasteiger partial charge in [0, 0.05) is 0 Å². The zero-order chi connectivity index (χ0) is 11.8. The number of sulfonamides is 1. The minimum absolute atomic E-state index is 0.138. The Morgan fingerprint density at radius 1 is 1.47 bits per heavy atom. The molecule has 0 aliphatic rings. The van der Waals surface area contributed by atoms with E-state index < -0.39 is 26.9 Å². The van der Waals surface area contributed by atoms with E-state index in [0.717, 1.165) is 6.20 Å². The Balaban J connectivity index is 3.68. The van der Waals surface area contributed by atoms with E-state index in [1.54, 1.807) is 0 Å². The summed E-state index contributed by atoms with van der Waals surface area (Å²) in [6, 6.07) is 0. The Hall–Kier alpha value is -0.550. The molecule has 0 aliphatic heterocycles. The van der Waals surface area contributed by atoms with E-state index in [4.69, 9.17) is 10.9 Å². The van der Waals surface area contributed by atoms with Gasteiger partial charge in [-0.2, -0.15) is 0 Å². The fourth-order valence-electron chi connectivity index (χ4n) is 1.01. The van der Waals surface area contributed by atoms with Crippen LogP contribution in [0.1, 0.15) is 12.0 Å². The molecule has 0 amide bonds. The van der Waals surface area contributed by atoms with Gasteiger partial charge in [-0.1, -0.05) is 0 Å². The number of pyridine rings is 1. The number of hydrogen-bond acceptors (Lipinski definition) is 4. The highest BCUT2D eigenvalue weighted by Gasteiger charge is 2.26. The first-order chi connectivity index (χ1) is 6.75. The van der Waals surface area contributed by atoms with E-state index in [9.17, 15) is 17.2 Å². The molecule has 0 saturated heterocycles. The lowest BCUT2D eigenvalue weighted by molar-refractivity contribution is 0.146. The zero-order valence-electron chi connectivity index (χ0n) is 7.12. The molecule has 0 aromatic carbocycles. The third-order valence-electron chi connectivity index (χ3n) is 1.55. The maximum atomic E-state index is 12.6. The maximum absolute atomic E-state index is 12.6. The minimum Gasteiger partial charge on any atom is -0.396 e. The van der Waals surface area contributed by atoms with Crippen LogP contribution in [0.25, 0.3) is 0 Å². The SMILES string of the molecule is Nc1cnc(I)c(C(F)F)c1S(N)(=O)=O. The molecule has 1 heterocycles. The van der Waals surface area contributed by atoms with E-state index in [1.165, 1.54) is 22.6 Å². The average molecular weight is 349 g/mol. The van der Waals surface area contributed by atoms with E-state index in [2.05, 4.69) is 4.98 Å². The monoisotopic (exact) mass is 349 g/mol. The molecule has 0 saturated carbocycles. The lowest BCUT2D eigenvalue weighted by Crippen LogP contribution is -2.18. The Labute approximate surface area is 98.0 Å². The number of aromatic nitrogens is 1. The third kappa shape index (κ3) is 2.52. The molecule has 1 aromatic heterocycles. The van der Waals surface area contributed by atoms with Gasteiger partial charge in [0.1, 0.15) is 8.60 Å². The van der Waals surface area contributed by atoms with E-state index in [1.807, 2.05) is 0 Å². The number of primary sulfonamides is 1. The predicted molar refractivity (Wildman–Crippen MR) is 57.7 cm³/mol. The Bertz CT molecular complexity index is 491. The van der Waals surface area contributed by atoms with Crippen LogP contribution < -0.4 is 10.9 Å². The van der Waals surface area contributed by atoms with Crippen molar-refractivity contribution in [2.45, 2.75) is 11.3 Å². The second-order valence-electron chi connectivity index (χ2n) is 2.59. The van der Waals surface area contributed by atoms with Crippen LogP contribution in [0.4, 0.5) is 14.5 Å². The predicted octanol–water partition coefficient (Wildman–Crippen LogP) is 0.853. The van der Waals surface area contributed by atoms with Crippen molar-refractivity contribution in [1.82, 2.24) is 4.98 Å². The van der Waals surface area contributed by atoms with Crippen LogP contribution in [0, 0.1) is 3.70 Å². The number of anilines is 1. The number of hydrogen-bond donors (Lipinski definition) is 2. The lowest BCUT2D eigenvalue weighted by atomic mass is 10.3. The first-order valence-electron chi connectivity index (χ1n) is 3.50. The number of halogens is 3. The Morgan fingerprint density at radius 2 is 2.00 bits per heavy atom. The summed E-state index contributed by atoms with van der Waals surface area (Å²) in [7, 11) is -4.28. The summed E-state index contributed by atoms with van der Waals surface area (Å²) in [5, 5.41) is 4.79. The number of nitrogen functional groups attached to an aromatic ring is 1. The molecule has 0 unspecified atom stereocenters. The van der Waals surface area contributed by atoms with Crippen LogP contribution in [0.5, 0.6) is 0 Å².